The van der Waals surface area contributed by atoms with Crippen LogP contribution in [0.2, 0.25) is 0 Å². The monoisotopic (exact) mass is 346 g/mol. The molecular formula is C19H18N6O. The first-order valence-electron chi connectivity index (χ1n) is 8.28. The Labute approximate surface area is 149 Å². The molecule has 0 unspecified atom stereocenters. The van der Waals surface area contributed by atoms with Crippen molar-refractivity contribution >= 4 is 16.8 Å². The lowest BCUT2D eigenvalue weighted by molar-refractivity contribution is 0.0939. The van der Waals surface area contributed by atoms with Crippen LogP contribution in [0.25, 0.3) is 22.0 Å². The molecule has 0 aliphatic rings. The summed E-state index contributed by atoms with van der Waals surface area (Å²) in [6.07, 6.45) is 8.68. The van der Waals surface area contributed by atoms with E-state index in [2.05, 4.69) is 25.5 Å². The van der Waals surface area contributed by atoms with Crippen molar-refractivity contribution < 1.29 is 4.79 Å². The number of nitrogens with one attached hydrogen (secondary N) is 3. The molecular weight excluding hydrogens is 328 g/mol. The fourth-order valence-corrected chi connectivity index (χ4v) is 3.05. The van der Waals surface area contributed by atoms with Gasteiger partial charge in [-0.25, -0.2) is 0 Å². The fourth-order valence-electron chi connectivity index (χ4n) is 3.05. The Morgan fingerprint density at radius 3 is 2.73 bits per heavy atom. The van der Waals surface area contributed by atoms with E-state index in [0.29, 0.717) is 12.1 Å². The molecule has 7 nitrogen and oxygen atoms in total. The van der Waals surface area contributed by atoms with Crippen LogP contribution in [0, 0.1) is 0 Å². The largest absolute Gasteiger partial charge is 0.360 e. The summed E-state index contributed by atoms with van der Waals surface area (Å²) in [6.45, 7) is 0.310. The number of aromatic amines is 2. The molecule has 0 aliphatic carbocycles. The zero-order valence-corrected chi connectivity index (χ0v) is 13.9. The molecule has 1 amide bonds. The Morgan fingerprint density at radius 1 is 1.15 bits per heavy atom. The molecule has 1 aromatic carbocycles. The number of rotatable bonds is 5. The van der Waals surface area contributed by atoms with Crippen molar-refractivity contribution in [1.29, 1.82) is 0 Å². The maximum absolute atomic E-state index is 12.9. The highest BCUT2D eigenvalue weighted by atomic mass is 16.1. The van der Waals surface area contributed by atoms with E-state index in [-0.39, 0.29) is 11.9 Å². The number of nitrogens with two attached hydrogens (primary N) is 1. The minimum absolute atomic E-state index is 0.219. The van der Waals surface area contributed by atoms with Crippen molar-refractivity contribution in [3.05, 3.63) is 72.4 Å². The zero-order chi connectivity index (χ0) is 17.9. The van der Waals surface area contributed by atoms with Gasteiger partial charge < -0.3 is 16.0 Å². The Kier molecular flexibility index (Phi) is 4.20. The van der Waals surface area contributed by atoms with Crippen molar-refractivity contribution in [3.63, 3.8) is 0 Å². The van der Waals surface area contributed by atoms with Gasteiger partial charge in [0.2, 0.25) is 0 Å². The summed E-state index contributed by atoms with van der Waals surface area (Å²) in [7, 11) is 0. The van der Waals surface area contributed by atoms with Gasteiger partial charge in [-0.2, -0.15) is 5.10 Å². The summed E-state index contributed by atoms with van der Waals surface area (Å²) in [5, 5.41) is 10.6. The van der Waals surface area contributed by atoms with Gasteiger partial charge in [-0.3, -0.25) is 14.9 Å². The second kappa shape index (κ2) is 6.81. The van der Waals surface area contributed by atoms with Gasteiger partial charge in [0.05, 0.1) is 23.3 Å². The Morgan fingerprint density at radius 2 is 2.00 bits per heavy atom. The molecule has 0 aliphatic heterocycles. The Balaban J connectivity index is 1.67. The van der Waals surface area contributed by atoms with Crippen LogP contribution in [-0.4, -0.2) is 32.6 Å². The number of nitrogens with zero attached hydrogens (tertiary/aromatic N) is 2. The molecule has 0 spiro atoms. The molecule has 0 saturated heterocycles. The molecule has 5 N–H and O–H groups in total. The highest BCUT2D eigenvalue weighted by Gasteiger charge is 2.18. The molecule has 1 atom stereocenters. The second-order valence-corrected chi connectivity index (χ2v) is 5.97. The van der Waals surface area contributed by atoms with Crippen LogP contribution in [0.15, 0.2) is 61.3 Å². The number of amides is 1. The molecule has 0 bridgehead atoms. The summed E-state index contributed by atoms with van der Waals surface area (Å²) < 4.78 is 0. The molecule has 7 heteroatoms. The summed E-state index contributed by atoms with van der Waals surface area (Å²) in [5.41, 5.74) is 9.91. The van der Waals surface area contributed by atoms with Crippen LogP contribution in [0.5, 0.6) is 0 Å². The normalized spacial score (nSPS) is 12.2. The van der Waals surface area contributed by atoms with Crippen LogP contribution >= 0.6 is 0 Å². The van der Waals surface area contributed by atoms with Crippen molar-refractivity contribution in [2.45, 2.75) is 6.04 Å². The van der Waals surface area contributed by atoms with Crippen LogP contribution < -0.4 is 11.1 Å². The zero-order valence-electron chi connectivity index (χ0n) is 13.9. The van der Waals surface area contributed by atoms with Gasteiger partial charge in [0.1, 0.15) is 0 Å². The SMILES string of the molecule is NC[C@@H](NC(=O)c1cncc2c(-c3cn[nH]c3)c[nH]c12)c1ccccc1. The summed E-state index contributed by atoms with van der Waals surface area (Å²) in [5.74, 6) is -0.219. The molecule has 0 radical (unpaired) electrons. The first-order valence-corrected chi connectivity index (χ1v) is 8.28. The van der Waals surface area contributed by atoms with E-state index in [4.69, 9.17) is 5.73 Å². The number of H-pyrrole nitrogens is 2. The van der Waals surface area contributed by atoms with Gasteiger partial charge in [0.15, 0.2) is 0 Å². The third kappa shape index (κ3) is 2.84. The van der Waals surface area contributed by atoms with E-state index in [1.807, 2.05) is 36.5 Å². The highest BCUT2D eigenvalue weighted by molar-refractivity contribution is 6.08. The molecule has 130 valence electrons. The lowest BCUT2D eigenvalue weighted by atomic mass is 10.1. The van der Waals surface area contributed by atoms with Gasteiger partial charge >= 0.3 is 0 Å². The third-order valence-electron chi connectivity index (χ3n) is 4.39. The van der Waals surface area contributed by atoms with Crippen molar-refractivity contribution in [3.8, 4) is 11.1 Å². The number of fused-ring (bicyclic) bond motifs is 1. The third-order valence-corrected chi connectivity index (χ3v) is 4.39. The average Bonchev–Trinajstić information content (AvgIpc) is 3.35. The highest BCUT2D eigenvalue weighted by Crippen LogP contribution is 2.29. The standard InChI is InChI=1S/C19H18N6O/c20-6-17(12-4-2-1-3-5-12)25-19(26)16-10-21-9-15-14(11-22-18(15)16)13-7-23-24-8-13/h1-5,7-11,17,22H,6,20H2,(H,23,24)(H,25,26)/t17-/m1/s1. The summed E-state index contributed by atoms with van der Waals surface area (Å²) in [6, 6.07) is 9.41. The van der Waals surface area contributed by atoms with Gasteiger partial charge in [-0.05, 0) is 5.56 Å². The maximum Gasteiger partial charge on any atom is 0.255 e. The minimum atomic E-state index is -0.262. The summed E-state index contributed by atoms with van der Waals surface area (Å²) in [4.78, 5) is 20.3. The number of hydrogen-bond donors (Lipinski definition) is 4. The predicted octanol–water partition coefficient (Wildman–Crippen LogP) is 2.38. The lowest BCUT2D eigenvalue weighted by Crippen LogP contribution is -2.33. The van der Waals surface area contributed by atoms with Crippen molar-refractivity contribution in [2.75, 3.05) is 6.54 Å². The average molecular weight is 346 g/mol. The number of hydrogen-bond acceptors (Lipinski definition) is 4. The van der Waals surface area contributed by atoms with Crippen LogP contribution in [0.4, 0.5) is 0 Å². The topological polar surface area (TPSA) is 112 Å². The lowest BCUT2D eigenvalue weighted by Gasteiger charge is -2.17. The van der Waals surface area contributed by atoms with Gasteiger partial charge in [-0.15, -0.1) is 0 Å². The van der Waals surface area contributed by atoms with Crippen molar-refractivity contribution in [1.82, 2.24) is 25.5 Å². The number of aromatic nitrogens is 4. The fraction of sp³-hybridized carbons (Fsp3) is 0.105. The van der Waals surface area contributed by atoms with E-state index >= 15 is 0 Å². The number of carbonyl (C=O) groups excluding carboxylic acids is 1. The second-order valence-electron chi connectivity index (χ2n) is 5.97. The smallest absolute Gasteiger partial charge is 0.255 e. The van der Waals surface area contributed by atoms with Gasteiger partial charge in [0.25, 0.3) is 5.91 Å². The van der Waals surface area contributed by atoms with Crippen LogP contribution in [0.3, 0.4) is 0 Å². The molecule has 4 aromatic rings. The van der Waals surface area contributed by atoms with E-state index in [9.17, 15) is 4.79 Å². The van der Waals surface area contributed by atoms with E-state index in [0.717, 1.165) is 27.6 Å². The number of benzene rings is 1. The predicted molar refractivity (Wildman–Crippen MR) is 99.4 cm³/mol. The number of pyridine rings is 1. The minimum Gasteiger partial charge on any atom is -0.360 e. The van der Waals surface area contributed by atoms with E-state index in [1.165, 1.54) is 0 Å². The van der Waals surface area contributed by atoms with Crippen LogP contribution in [0.1, 0.15) is 22.0 Å². The molecule has 4 rings (SSSR count). The first kappa shape index (κ1) is 16.0. The quantitative estimate of drug-likeness (QED) is 0.444. The maximum atomic E-state index is 12.9. The Hall–Kier alpha value is -3.45. The Bertz CT molecular complexity index is 1020. The molecule has 0 fully saturated rings. The number of carbonyl (C=O) groups is 1. The van der Waals surface area contributed by atoms with Crippen molar-refractivity contribution in [2.24, 2.45) is 5.73 Å². The van der Waals surface area contributed by atoms with E-state index < -0.39 is 0 Å². The molecule has 3 aromatic heterocycles. The molecule has 26 heavy (non-hydrogen) atoms. The molecule has 3 heterocycles. The molecule has 0 saturated carbocycles. The summed E-state index contributed by atoms with van der Waals surface area (Å²) >= 11 is 0. The van der Waals surface area contributed by atoms with Crippen LogP contribution in [-0.2, 0) is 0 Å². The van der Waals surface area contributed by atoms with E-state index in [1.54, 1.807) is 24.8 Å². The first-order chi connectivity index (χ1) is 12.8. The van der Waals surface area contributed by atoms with Gasteiger partial charge in [0, 0.05) is 47.8 Å². The van der Waals surface area contributed by atoms with Gasteiger partial charge in [-0.1, -0.05) is 30.3 Å².